The Bertz CT molecular complexity index is 598. The highest BCUT2D eigenvalue weighted by Gasteiger charge is 2.15. The highest BCUT2D eigenvalue weighted by molar-refractivity contribution is 14.0. The SMILES string of the molecule is CCNC(=NCCCN1CCCCCC1=O)NCCCCOCc1ccccc1.I. The first-order valence-corrected chi connectivity index (χ1v) is 11.2. The number of rotatable bonds is 12. The fourth-order valence-corrected chi connectivity index (χ4v) is 3.37. The lowest BCUT2D eigenvalue weighted by molar-refractivity contribution is -0.130. The number of amides is 1. The third kappa shape index (κ3) is 11.7. The number of benzene rings is 1. The average molecular weight is 530 g/mol. The number of nitrogens with zero attached hydrogens (tertiary/aromatic N) is 2. The third-order valence-corrected chi connectivity index (χ3v) is 4.99. The lowest BCUT2D eigenvalue weighted by Crippen LogP contribution is -2.38. The van der Waals surface area contributed by atoms with Crippen LogP contribution < -0.4 is 10.6 Å². The molecule has 0 unspecified atom stereocenters. The van der Waals surface area contributed by atoms with Crippen LogP contribution in [0.5, 0.6) is 0 Å². The number of unbranched alkanes of at least 4 members (excludes halogenated alkanes) is 1. The Kier molecular flexibility index (Phi) is 15.4. The summed E-state index contributed by atoms with van der Waals surface area (Å²) in [5, 5.41) is 6.68. The standard InChI is InChI=1S/C23H38N4O2.HI/c1-2-24-23(26-16-11-18-27-17-9-4-7-14-22(27)28)25-15-8-10-19-29-20-21-12-5-3-6-13-21;/h3,5-6,12-13H,2,4,7-11,14-20H2,1H3,(H2,24,25,26);1H. The van der Waals surface area contributed by atoms with E-state index in [1.807, 2.05) is 23.1 Å². The number of hydrogen-bond donors (Lipinski definition) is 2. The van der Waals surface area contributed by atoms with Crippen molar-refractivity contribution in [1.29, 1.82) is 0 Å². The summed E-state index contributed by atoms with van der Waals surface area (Å²) in [6, 6.07) is 10.3. The molecular formula is C23H39IN4O2. The topological polar surface area (TPSA) is 66.0 Å². The van der Waals surface area contributed by atoms with Gasteiger partial charge in [0, 0.05) is 45.8 Å². The minimum atomic E-state index is 0. The molecule has 1 aromatic carbocycles. The van der Waals surface area contributed by atoms with Crippen LogP contribution in [0.4, 0.5) is 0 Å². The van der Waals surface area contributed by atoms with Gasteiger partial charge in [-0.3, -0.25) is 9.79 Å². The molecule has 0 aliphatic carbocycles. The third-order valence-electron chi connectivity index (χ3n) is 4.99. The summed E-state index contributed by atoms with van der Waals surface area (Å²) in [6.07, 6.45) is 7.04. The van der Waals surface area contributed by atoms with E-state index in [4.69, 9.17) is 4.74 Å². The van der Waals surface area contributed by atoms with Gasteiger partial charge in [0.25, 0.3) is 0 Å². The van der Waals surface area contributed by atoms with Gasteiger partial charge >= 0.3 is 0 Å². The van der Waals surface area contributed by atoms with E-state index in [0.717, 1.165) is 77.4 Å². The summed E-state index contributed by atoms with van der Waals surface area (Å²) < 4.78 is 5.72. The van der Waals surface area contributed by atoms with Crippen LogP contribution in [0, 0.1) is 0 Å². The Labute approximate surface area is 199 Å². The van der Waals surface area contributed by atoms with E-state index < -0.39 is 0 Å². The largest absolute Gasteiger partial charge is 0.377 e. The van der Waals surface area contributed by atoms with Gasteiger partial charge in [-0.2, -0.15) is 0 Å². The summed E-state index contributed by atoms with van der Waals surface area (Å²) in [5.74, 6) is 1.17. The summed E-state index contributed by atoms with van der Waals surface area (Å²) in [5.41, 5.74) is 1.22. The number of halogens is 1. The predicted molar refractivity (Wildman–Crippen MR) is 134 cm³/mol. The molecule has 2 rings (SSSR count). The van der Waals surface area contributed by atoms with Crippen LogP contribution in [0.25, 0.3) is 0 Å². The minimum Gasteiger partial charge on any atom is -0.377 e. The Balaban J connectivity index is 0.00000450. The molecular weight excluding hydrogens is 491 g/mol. The van der Waals surface area contributed by atoms with E-state index in [1.165, 1.54) is 12.0 Å². The summed E-state index contributed by atoms with van der Waals surface area (Å²) in [6.45, 7) is 7.71. The van der Waals surface area contributed by atoms with Crippen LogP contribution in [-0.4, -0.2) is 56.1 Å². The van der Waals surface area contributed by atoms with Gasteiger partial charge in [-0.1, -0.05) is 36.8 Å². The first-order chi connectivity index (χ1) is 14.3. The van der Waals surface area contributed by atoms with Crippen molar-refractivity contribution in [3.05, 3.63) is 35.9 Å². The number of hydrogen-bond acceptors (Lipinski definition) is 3. The molecule has 2 N–H and O–H groups in total. The molecule has 0 spiro atoms. The van der Waals surface area contributed by atoms with E-state index in [2.05, 4.69) is 34.7 Å². The van der Waals surface area contributed by atoms with Crippen molar-refractivity contribution in [1.82, 2.24) is 15.5 Å². The van der Waals surface area contributed by atoms with E-state index in [0.29, 0.717) is 18.9 Å². The van der Waals surface area contributed by atoms with Crippen LogP contribution in [0.3, 0.4) is 0 Å². The lowest BCUT2D eigenvalue weighted by Gasteiger charge is -2.20. The molecule has 0 bridgehead atoms. The smallest absolute Gasteiger partial charge is 0.222 e. The maximum Gasteiger partial charge on any atom is 0.222 e. The summed E-state index contributed by atoms with van der Waals surface area (Å²) in [4.78, 5) is 18.7. The van der Waals surface area contributed by atoms with Crippen molar-refractivity contribution < 1.29 is 9.53 Å². The van der Waals surface area contributed by atoms with Gasteiger partial charge in [-0.25, -0.2) is 0 Å². The number of likely N-dealkylation sites (tertiary alicyclic amines) is 1. The second kappa shape index (κ2) is 17.3. The number of aliphatic imine (C=N–C) groups is 1. The van der Waals surface area contributed by atoms with Crippen molar-refractivity contribution in [3.63, 3.8) is 0 Å². The maximum absolute atomic E-state index is 12.0. The molecule has 30 heavy (non-hydrogen) atoms. The number of carbonyl (C=O) groups is 1. The molecule has 1 heterocycles. The van der Waals surface area contributed by atoms with Crippen molar-refractivity contribution in [2.45, 2.75) is 58.5 Å². The van der Waals surface area contributed by atoms with Gasteiger partial charge in [0.1, 0.15) is 0 Å². The van der Waals surface area contributed by atoms with E-state index in [-0.39, 0.29) is 24.0 Å². The average Bonchev–Trinajstić information content (AvgIpc) is 2.95. The van der Waals surface area contributed by atoms with Gasteiger partial charge < -0.3 is 20.3 Å². The fourth-order valence-electron chi connectivity index (χ4n) is 3.37. The predicted octanol–water partition coefficient (Wildman–Crippen LogP) is 3.95. The molecule has 0 atom stereocenters. The zero-order valence-corrected chi connectivity index (χ0v) is 20.7. The van der Waals surface area contributed by atoms with Gasteiger partial charge in [-0.15, -0.1) is 24.0 Å². The Morgan fingerprint density at radius 1 is 1.10 bits per heavy atom. The van der Waals surface area contributed by atoms with E-state index in [9.17, 15) is 4.79 Å². The van der Waals surface area contributed by atoms with Crippen molar-refractivity contribution >= 4 is 35.8 Å². The number of guanidine groups is 1. The highest BCUT2D eigenvalue weighted by atomic mass is 127. The molecule has 6 nitrogen and oxygen atoms in total. The van der Waals surface area contributed by atoms with Gasteiger partial charge in [-0.05, 0) is 44.6 Å². The van der Waals surface area contributed by atoms with E-state index >= 15 is 0 Å². The molecule has 170 valence electrons. The summed E-state index contributed by atoms with van der Waals surface area (Å²) in [7, 11) is 0. The molecule has 1 aliphatic rings. The molecule has 0 saturated carbocycles. The van der Waals surface area contributed by atoms with Crippen LogP contribution >= 0.6 is 24.0 Å². The molecule has 1 amide bonds. The van der Waals surface area contributed by atoms with Crippen molar-refractivity contribution in [2.24, 2.45) is 4.99 Å². The quantitative estimate of drug-likeness (QED) is 0.186. The zero-order valence-electron chi connectivity index (χ0n) is 18.4. The Morgan fingerprint density at radius 3 is 2.73 bits per heavy atom. The molecule has 1 aromatic rings. The first-order valence-electron chi connectivity index (χ1n) is 11.2. The van der Waals surface area contributed by atoms with Crippen molar-refractivity contribution in [2.75, 3.05) is 39.3 Å². The second-order valence-electron chi connectivity index (χ2n) is 7.48. The normalized spacial score (nSPS) is 14.8. The fraction of sp³-hybridized carbons (Fsp3) is 0.652. The number of carbonyl (C=O) groups excluding carboxylic acids is 1. The van der Waals surface area contributed by atoms with Crippen molar-refractivity contribution in [3.8, 4) is 0 Å². The molecule has 0 radical (unpaired) electrons. The molecule has 0 aromatic heterocycles. The molecule has 1 saturated heterocycles. The number of nitrogens with one attached hydrogen (secondary N) is 2. The van der Waals surface area contributed by atoms with Crippen LogP contribution in [0.15, 0.2) is 35.3 Å². The molecule has 1 fully saturated rings. The molecule has 7 heteroatoms. The monoisotopic (exact) mass is 530 g/mol. The summed E-state index contributed by atoms with van der Waals surface area (Å²) >= 11 is 0. The molecule has 1 aliphatic heterocycles. The first kappa shape index (κ1) is 26.7. The van der Waals surface area contributed by atoms with Crippen LogP contribution in [0.2, 0.25) is 0 Å². The Hall–Kier alpha value is -1.35. The maximum atomic E-state index is 12.0. The van der Waals surface area contributed by atoms with Gasteiger partial charge in [0.15, 0.2) is 5.96 Å². The second-order valence-corrected chi connectivity index (χ2v) is 7.48. The zero-order chi connectivity index (χ0) is 20.6. The van der Waals surface area contributed by atoms with Crippen LogP contribution in [0.1, 0.15) is 57.4 Å². The minimum absolute atomic E-state index is 0. The van der Waals surface area contributed by atoms with Gasteiger partial charge in [0.05, 0.1) is 6.61 Å². The van der Waals surface area contributed by atoms with Crippen LogP contribution in [-0.2, 0) is 16.1 Å². The van der Waals surface area contributed by atoms with E-state index in [1.54, 1.807) is 0 Å². The highest BCUT2D eigenvalue weighted by Crippen LogP contribution is 2.11. The lowest BCUT2D eigenvalue weighted by atomic mass is 10.2. The number of ether oxygens (including phenoxy) is 1. The van der Waals surface area contributed by atoms with Gasteiger partial charge in [0.2, 0.25) is 5.91 Å². The Morgan fingerprint density at radius 2 is 1.93 bits per heavy atom.